The van der Waals surface area contributed by atoms with E-state index in [4.69, 9.17) is 9.72 Å². The number of ether oxygens (including phenoxy) is 1. The fraction of sp³-hybridized carbons (Fsp3) is 0.429. The maximum atomic E-state index is 14.1. The van der Waals surface area contributed by atoms with Crippen LogP contribution in [0.1, 0.15) is 53.7 Å². The first-order chi connectivity index (χ1) is 14.5. The number of fused-ring (bicyclic) bond motifs is 1. The SMILES string of the molecule is C[C@@H]1c2cc(F)cnc2OCC2(CC2)NC(=O)c2cnn3cc4c(nc23)N1CCC4. The molecule has 1 aliphatic carbocycles. The number of hydrogen-bond acceptors (Lipinski definition) is 6. The van der Waals surface area contributed by atoms with Crippen molar-refractivity contribution < 1.29 is 13.9 Å². The number of rotatable bonds is 0. The van der Waals surface area contributed by atoms with Gasteiger partial charge in [0.15, 0.2) is 5.65 Å². The van der Waals surface area contributed by atoms with Crippen molar-refractivity contribution in [2.45, 2.75) is 44.2 Å². The van der Waals surface area contributed by atoms with Crippen molar-refractivity contribution in [3.63, 3.8) is 0 Å². The third kappa shape index (κ3) is 2.64. The molecule has 2 aliphatic heterocycles. The van der Waals surface area contributed by atoms with E-state index in [1.807, 2.05) is 13.1 Å². The minimum absolute atomic E-state index is 0.192. The van der Waals surface area contributed by atoms with Crippen molar-refractivity contribution in [3.8, 4) is 5.88 Å². The van der Waals surface area contributed by atoms with Gasteiger partial charge in [0.1, 0.15) is 23.8 Å². The van der Waals surface area contributed by atoms with Crippen molar-refractivity contribution in [3.05, 3.63) is 47.2 Å². The van der Waals surface area contributed by atoms with Gasteiger partial charge in [0, 0.05) is 23.9 Å². The van der Waals surface area contributed by atoms with E-state index in [0.717, 1.165) is 43.6 Å². The largest absolute Gasteiger partial charge is 0.475 e. The maximum absolute atomic E-state index is 14.1. The number of nitrogens with zero attached hydrogens (tertiary/aromatic N) is 5. The first-order valence-electron chi connectivity index (χ1n) is 10.3. The van der Waals surface area contributed by atoms with Crippen LogP contribution < -0.4 is 15.0 Å². The molecule has 30 heavy (non-hydrogen) atoms. The van der Waals surface area contributed by atoms with E-state index in [9.17, 15) is 9.18 Å². The Labute approximate surface area is 172 Å². The third-order valence-electron chi connectivity index (χ3n) is 6.39. The number of anilines is 1. The lowest BCUT2D eigenvalue weighted by molar-refractivity contribution is 0.0913. The molecule has 0 unspecified atom stereocenters. The first-order valence-corrected chi connectivity index (χ1v) is 10.3. The monoisotopic (exact) mass is 408 g/mol. The molecule has 1 atom stereocenters. The average molecular weight is 408 g/mol. The van der Waals surface area contributed by atoms with Crippen molar-refractivity contribution in [2.24, 2.45) is 0 Å². The van der Waals surface area contributed by atoms with Gasteiger partial charge in [-0.15, -0.1) is 0 Å². The Bertz CT molecular complexity index is 1190. The van der Waals surface area contributed by atoms with Gasteiger partial charge < -0.3 is 15.0 Å². The molecule has 1 N–H and O–H groups in total. The van der Waals surface area contributed by atoms with Crippen molar-refractivity contribution in [1.82, 2.24) is 24.9 Å². The molecular formula is C21H21FN6O2. The number of aromatic nitrogens is 4. The molecular weight excluding hydrogens is 387 g/mol. The smallest absolute Gasteiger partial charge is 0.257 e. The molecule has 1 saturated carbocycles. The molecule has 3 aromatic rings. The van der Waals surface area contributed by atoms with E-state index in [2.05, 4.69) is 20.3 Å². The van der Waals surface area contributed by atoms with Crippen LogP contribution in [-0.4, -0.2) is 44.2 Å². The standard InChI is InChI=1S/C21H21FN6O2/c1-12-15-7-14(22)8-23-20(15)30-11-21(4-5-21)26-19(29)16-9-24-28-10-13-3-2-6-27(12)17(13)25-18(16)28/h7-10,12H,2-6,11H2,1H3,(H,26,29)/t12-/m1/s1. The average Bonchev–Trinajstić information content (AvgIpc) is 3.38. The van der Waals surface area contributed by atoms with Gasteiger partial charge in [-0.25, -0.2) is 18.9 Å². The Balaban J connectivity index is 1.56. The molecule has 154 valence electrons. The van der Waals surface area contributed by atoms with Crippen LogP contribution in [0.15, 0.2) is 24.7 Å². The molecule has 1 fully saturated rings. The highest BCUT2D eigenvalue weighted by Gasteiger charge is 2.46. The quantitative estimate of drug-likeness (QED) is 0.615. The summed E-state index contributed by atoms with van der Waals surface area (Å²) in [5.41, 5.74) is 2.27. The summed E-state index contributed by atoms with van der Waals surface area (Å²) in [5.74, 6) is 0.591. The van der Waals surface area contributed by atoms with E-state index in [1.54, 1.807) is 10.7 Å². The molecule has 3 aliphatic rings. The molecule has 2 bridgehead atoms. The summed E-state index contributed by atoms with van der Waals surface area (Å²) in [6.07, 6.45) is 8.14. The fourth-order valence-corrected chi connectivity index (χ4v) is 4.45. The molecule has 0 saturated heterocycles. The van der Waals surface area contributed by atoms with Crippen LogP contribution in [0.2, 0.25) is 0 Å². The van der Waals surface area contributed by atoms with E-state index in [-0.39, 0.29) is 18.6 Å². The third-order valence-corrected chi connectivity index (χ3v) is 6.39. The molecule has 3 aromatic heterocycles. The predicted octanol–water partition coefficient (Wildman–Crippen LogP) is 2.43. The number of amides is 1. The van der Waals surface area contributed by atoms with E-state index in [0.29, 0.717) is 22.7 Å². The lowest BCUT2D eigenvalue weighted by atomic mass is 10.0. The zero-order valence-corrected chi connectivity index (χ0v) is 16.6. The summed E-state index contributed by atoms with van der Waals surface area (Å²) in [7, 11) is 0. The van der Waals surface area contributed by atoms with Gasteiger partial charge in [-0.2, -0.15) is 5.10 Å². The number of aryl methyl sites for hydroxylation is 1. The van der Waals surface area contributed by atoms with Gasteiger partial charge in [0.25, 0.3) is 5.91 Å². The zero-order valence-electron chi connectivity index (χ0n) is 16.6. The van der Waals surface area contributed by atoms with E-state index in [1.165, 1.54) is 12.3 Å². The van der Waals surface area contributed by atoms with Crippen LogP contribution in [0.5, 0.6) is 5.88 Å². The molecule has 5 heterocycles. The minimum Gasteiger partial charge on any atom is -0.475 e. The molecule has 8 nitrogen and oxygen atoms in total. The highest BCUT2D eigenvalue weighted by Crippen LogP contribution is 2.39. The second-order valence-electron chi connectivity index (χ2n) is 8.46. The Morgan fingerprint density at radius 2 is 2.20 bits per heavy atom. The van der Waals surface area contributed by atoms with Crippen LogP contribution in [0.4, 0.5) is 10.2 Å². The Morgan fingerprint density at radius 1 is 1.33 bits per heavy atom. The number of pyridine rings is 1. The lowest BCUT2D eigenvalue weighted by Crippen LogP contribution is -2.41. The van der Waals surface area contributed by atoms with E-state index >= 15 is 0 Å². The van der Waals surface area contributed by atoms with Crippen molar-refractivity contribution in [2.75, 3.05) is 18.1 Å². The number of carbonyl (C=O) groups excluding carboxylic acids is 1. The summed E-state index contributed by atoms with van der Waals surface area (Å²) in [6.45, 7) is 3.07. The highest BCUT2D eigenvalue weighted by molar-refractivity contribution is 6.00. The Kier molecular flexibility index (Phi) is 3.60. The minimum atomic E-state index is -0.438. The van der Waals surface area contributed by atoms with Gasteiger partial charge in [-0.3, -0.25) is 4.79 Å². The van der Waals surface area contributed by atoms with Crippen LogP contribution in [0.3, 0.4) is 0 Å². The van der Waals surface area contributed by atoms with Crippen LogP contribution >= 0.6 is 0 Å². The fourth-order valence-electron chi connectivity index (χ4n) is 4.45. The summed E-state index contributed by atoms with van der Waals surface area (Å²) in [4.78, 5) is 24.2. The Hall–Kier alpha value is -3.23. The van der Waals surface area contributed by atoms with Crippen molar-refractivity contribution in [1.29, 1.82) is 0 Å². The van der Waals surface area contributed by atoms with Crippen molar-refractivity contribution >= 4 is 17.4 Å². The lowest BCUT2D eigenvalue weighted by Gasteiger charge is -2.35. The molecule has 0 radical (unpaired) electrons. The highest BCUT2D eigenvalue weighted by atomic mass is 19.1. The summed E-state index contributed by atoms with van der Waals surface area (Å²) < 4.78 is 21.8. The zero-order chi connectivity index (χ0) is 20.5. The topological polar surface area (TPSA) is 84.6 Å². The van der Waals surface area contributed by atoms with Crippen LogP contribution in [-0.2, 0) is 6.42 Å². The summed E-state index contributed by atoms with van der Waals surface area (Å²) in [5, 5.41) is 7.45. The predicted molar refractivity (Wildman–Crippen MR) is 106 cm³/mol. The Morgan fingerprint density at radius 3 is 3.03 bits per heavy atom. The maximum Gasteiger partial charge on any atom is 0.257 e. The van der Waals surface area contributed by atoms with Gasteiger partial charge in [0.05, 0.1) is 24.0 Å². The first kappa shape index (κ1) is 17.6. The van der Waals surface area contributed by atoms with Gasteiger partial charge >= 0.3 is 0 Å². The molecule has 1 spiro atoms. The summed E-state index contributed by atoms with van der Waals surface area (Å²) in [6, 6.07) is 1.30. The number of nitrogens with one attached hydrogen (secondary N) is 1. The second-order valence-corrected chi connectivity index (χ2v) is 8.46. The van der Waals surface area contributed by atoms with E-state index < -0.39 is 11.4 Å². The van der Waals surface area contributed by atoms with Gasteiger partial charge in [0.2, 0.25) is 5.88 Å². The van der Waals surface area contributed by atoms with Crippen LogP contribution in [0.25, 0.3) is 5.65 Å². The van der Waals surface area contributed by atoms with Crippen LogP contribution in [0, 0.1) is 5.82 Å². The molecule has 6 rings (SSSR count). The normalized spacial score (nSPS) is 22.0. The number of halogens is 1. The van der Waals surface area contributed by atoms with Gasteiger partial charge in [-0.05, 0) is 38.7 Å². The van der Waals surface area contributed by atoms with Gasteiger partial charge in [-0.1, -0.05) is 0 Å². The second kappa shape index (κ2) is 6.13. The molecule has 9 heteroatoms. The summed E-state index contributed by atoms with van der Waals surface area (Å²) >= 11 is 0. The molecule has 0 aromatic carbocycles. The number of carbonyl (C=O) groups is 1. The molecule has 1 amide bonds. The number of hydrogen-bond donors (Lipinski definition) is 1.